The normalized spacial score (nSPS) is 16.7. The van der Waals surface area contributed by atoms with Gasteiger partial charge in [0.25, 0.3) is 11.9 Å². The number of hydrogen-bond donors (Lipinski definition) is 1. The number of fused-ring (bicyclic) bond motifs is 1. The van der Waals surface area contributed by atoms with Crippen LogP contribution in [-0.4, -0.2) is 80.2 Å². The second kappa shape index (κ2) is 10.4. The number of hydrogen-bond acceptors (Lipinski definition) is 7. The van der Waals surface area contributed by atoms with Crippen molar-refractivity contribution in [2.75, 3.05) is 69.7 Å². The lowest BCUT2D eigenvalue weighted by atomic mass is 10.0. The minimum Gasteiger partial charge on any atom is -0.423 e. The second-order valence-electron chi connectivity index (χ2n) is 9.73. The van der Waals surface area contributed by atoms with Gasteiger partial charge in [0.15, 0.2) is 5.58 Å². The second-order valence-corrected chi connectivity index (χ2v) is 9.73. The summed E-state index contributed by atoms with van der Waals surface area (Å²) in [6.45, 7) is 6.01. The van der Waals surface area contributed by atoms with Crippen LogP contribution >= 0.6 is 0 Å². The van der Waals surface area contributed by atoms with Crippen LogP contribution in [0.2, 0.25) is 0 Å². The zero-order valence-corrected chi connectivity index (χ0v) is 21.3. The number of para-hydroxylation sites is 1. The van der Waals surface area contributed by atoms with Gasteiger partial charge in [-0.15, -0.1) is 0 Å². The van der Waals surface area contributed by atoms with Crippen LogP contribution in [0, 0.1) is 5.82 Å². The molecular weight excluding hydrogens is 485 g/mol. The molecule has 0 bridgehead atoms. The first kappa shape index (κ1) is 24.4. The summed E-state index contributed by atoms with van der Waals surface area (Å²) >= 11 is 0. The number of likely N-dealkylation sites (N-methyl/N-ethyl adjacent to an activating group) is 1. The van der Waals surface area contributed by atoms with Crippen LogP contribution in [0.1, 0.15) is 10.4 Å². The Balaban J connectivity index is 1.21. The molecule has 6 rings (SSSR count). The number of oxazole rings is 1. The van der Waals surface area contributed by atoms with Gasteiger partial charge in [-0.3, -0.25) is 4.79 Å². The van der Waals surface area contributed by atoms with Crippen molar-refractivity contribution in [3.63, 3.8) is 0 Å². The van der Waals surface area contributed by atoms with Crippen molar-refractivity contribution >= 4 is 34.4 Å². The van der Waals surface area contributed by atoms with Crippen molar-refractivity contribution in [3.8, 4) is 11.1 Å². The molecule has 196 valence electrons. The Morgan fingerprint density at radius 2 is 1.71 bits per heavy atom. The van der Waals surface area contributed by atoms with Crippen LogP contribution < -0.4 is 10.2 Å². The first-order valence-electron chi connectivity index (χ1n) is 12.9. The fraction of sp³-hybridized carbons (Fsp3) is 0.310. The Morgan fingerprint density at radius 1 is 0.947 bits per heavy atom. The number of benzene rings is 3. The predicted octanol–water partition coefficient (Wildman–Crippen LogP) is 4.60. The van der Waals surface area contributed by atoms with Crippen molar-refractivity contribution in [2.24, 2.45) is 0 Å². The van der Waals surface area contributed by atoms with E-state index in [0.29, 0.717) is 54.5 Å². The summed E-state index contributed by atoms with van der Waals surface area (Å²) in [4.78, 5) is 23.7. The molecule has 0 aliphatic carbocycles. The van der Waals surface area contributed by atoms with Gasteiger partial charge in [0.1, 0.15) is 11.3 Å². The van der Waals surface area contributed by atoms with Crippen LogP contribution in [0.3, 0.4) is 0 Å². The molecule has 0 spiro atoms. The van der Waals surface area contributed by atoms with E-state index in [0.717, 1.165) is 31.9 Å². The van der Waals surface area contributed by atoms with Crippen molar-refractivity contribution in [3.05, 3.63) is 72.0 Å². The molecule has 1 N–H and O–H groups in total. The zero-order valence-electron chi connectivity index (χ0n) is 21.3. The minimum absolute atomic E-state index is 0.0581. The largest absolute Gasteiger partial charge is 0.423 e. The molecule has 0 radical (unpaired) electrons. The van der Waals surface area contributed by atoms with Crippen LogP contribution in [0.15, 0.2) is 65.1 Å². The van der Waals surface area contributed by atoms with Crippen molar-refractivity contribution in [2.45, 2.75) is 0 Å². The first-order valence-corrected chi connectivity index (χ1v) is 12.9. The Labute approximate surface area is 220 Å². The maximum atomic E-state index is 15.1. The van der Waals surface area contributed by atoms with Gasteiger partial charge in [-0.05, 0) is 55.1 Å². The lowest BCUT2D eigenvalue weighted by Crippen LogP contribution is -2.44. The molecule has 0 saturated carbocycles. The maximum Gasteiger partial charge on any atom is 0.300 e. The highest BCUT2D eigenvalue weighted by Crippen LogP contribution is 2.33. The SMILES string of the molecule is CN1CCN(c2ccc(Nc3nc4cccc(-c5ccc(C(=O)N6CCOCC6)c(F)c5)c4o3)cc2)CC1. The number of anilines is 3. The van der Waals surface area contributed by atoms with E-state index in [1.165, 1.54) is 11.8 Å². The van der Waals surface area contributed by atoms with Crippen molar-refractivity contribution < 1.29 is 18.3 Å². The summed E-state index contributed by atoms with van der Waals surface area (Å²) in [5, 5.41) is 3.24. The number of rotatable bonds is 5. The summed E-state index contributed by atoms with van der Waals surface area (Å²) in [7, 11) is 2.15. The van der Waals surface area contributed by atoms with Gasteiger partial charge in [-0.1, -0.05) is 18.2 Å². The standard InChI is InChI=1S/C29H30FN5O3/c1-33-11-13-34(14-12-33)22-8-6-21(7-9-22)31-29-32-26-4-2-3-23(27(26)38-29)20-5-10-24(25(30)19-20)28(36)35-15-17-37-18-16-35/h2-10,19H,11-18H2,1H3,(H,31,32). The van der Waals surface area contributed by atoms with Crippen LogP contribution in [-0.2, 0) is 4.74 Å². The number of piperazine rings is 1. The number of morpholine rings is 1. The van der Waals surface area contributed by atoms with E-state index in [2.05, 4.69) is 39.3 Å². The number of carbonyl (C=O) groups excluding carboxylic acids is 1. The van der Waals surface area contributed by atoms with Gasteiger partial charge >= 0.3 is 0 Å². The Kier molecular flexibility index (Phi) is 6.70. The average molecular weight is 516 g/mol. The molecule has 0 unspecified atom stereocenters. The summed E-state index contributed by atoms with van der Waals surface area (Å²) < 4.78 is 26.5. The molecule has 2 aliphatic heterocycles. The molecule has 2 saturated heterocycles. The van der Waals surface area contributed by atoms with E-state index in [-0.39, 0.29) is 11.5 Å². The number of halogens is 1. The molecule has 3 aromatic carbocycles. The van der Waals surface area contributed by atoms with E-state index < -0.39 is 5.82 Å². The smallest absolute Gasteiger partial charge is 0.300 e. The summed E-state index contributed by atoms with van der Waals surface area (Å²) in [5.74, 6) is -0.880. The van der Waals surface area contributed by atoms with E-state index >= 15 is 4.39 Å². The van der Waals surface area contributed by atoms with Gasteiger partial charge in [0.05, 0.1) is 18.8 Å². The molecule has 0 atom stereocenters. The quantitative estimate of drug-likeness (QED) is 0.416. The van der Waals surface area contributed by atoms with E-state index in [1.807, 2.05) is 30.3 Å². The number of amides is 1. The molecule has 4 aromatic rings. The van der Waals surface area contributed by atoms with Crippen LogP contribution in [0.5, 0.6) is 0 Å². The summed E-state index contributed by atoms with van der Waals surface area (Å²) in [6.07, 6.45) is 0. The lowest BCUT2D eigenvalue weighted by Gasteiger charge is -2.34. The third-order valence-corrected chi connectivity index (χ3v) is 7.21. The molecule has 8 nitrogen and oxygen atoms in total. The minimum atomic E-state index is -0.561. The van der Waals surface area contributed by atoms with Gasteiger partial charge < -0.3 is 29.2 Å². The average Bonchev–Trinajstić information content (AvgIpc) is 3.36. The molecule has 38 heavy (non-hydrogen) atoms. The fourth-order valence-electron chi connectivity index (χ4n) is 4.97. The monoisotopic (exact) mass is 515 g/mol. The van der Waals surface area contributed by atoms with Crippen LogP contribution in [0.4, 0.5) is 21.8 Å². The lowest BCUT2D eigenvalue weighted by molar-refractivity contribution is 0.0300. The number of nitrogens with zero attached hydrogens (tertiary/aromatic N) is 4. The van der Waals surface area contributed by atoms with Gasteiger partial charge in [0.2, 0.25) is 0 Å². The van der Waals surface area contributed by atoms with E-state index in [1.54, 1.807) is 17.0 Å². The molecular formula is C29H30FN5O3. The van der Waals surface area contributed by atoms with Gasteiger partial charge in [-0.25, -0.2) is 4.39 Å². The highest BCUT2D eigenvalue weighted by molar-refractivity contribution is 5.96. The zero-order chi connectivity index (χ0) is 26.1. The third-order valence-electron chi connectivity index (χ3n) is 7.21. The highest BCUT2D eigenvalue weighted by Gasteiger charge is 2.22. The molecule has 1 amide bonds. The van der Waals surface area contributed by atoms with Crippen LogP contribution in [0.25, 0.3) is 22.2 Å². The number of carbonyl (C=O) groups is 1. The topological polar surface area (TPSA) is 74.1 Å². The number of nitrogens with one attached hydrogen (secondary N) is 1. The summed E-state index contributed by atoms with van der Waals surface area (Å²) in [5.41, 5.74) is 4.66. The first-order chi connectivity index (χ1) is 18.5. The Morgan fingerprint density at radius 3 is 2.45 bits per heavy atom. The molecule has 9 heteroatoms. The predicted molar refractivity (Wildman–Crippen MR) is 146 cm³/mol. The molecule has 1 aromatic heterocycles. The van der Waals surface area contributed by atoms with Crippen molar-refractivity contribution in [1.29, 1.82) is 0 Å². The van der Waals surface area contributed by atoms with Gasteiger partial charge in [-0.2, -0.15) is 4.98 Å². The maximum absolute atomic E-state index is 15.1. The van der Waals surface area contributed by atoms with Gasteiger partial charge in [0, 0.05) is 56.2 Å². The van der Waals surface area contributed by atoms with E-state index in [4.69, 9.17) is 9.15 Å². The van der Waals surface area contributed by atoms with Crippen molar-refractivity contribution in [1.82, 2.24) is 14.8 Å². The molecule has 2 fully saturated rings. The fourth-order valence-corrected chi connectivity index (χ4v) is 4.97. The van der Waals surface area contributed by atoms with E-state index in [9.17, 15) is 4.79 Å². The Bertz CT molecular complexity index is 1440. The summed E-state index contributed by atoms with van der Waals surface area (Å²) in [6, 6.07) is 18.8. The Hall–Kier alpha value is -3.95. The number of ether oxygens (including phenoxy) is 1. The highest BCUT2D eigenvalue weighted by atomic mass is 19.1. The molecule has 2 aliphatic rings. The third kappa shape index (κ3) is 4.94. The number of aromatic nitrogens is 1. The molecule has 3 heterocycles.